The van der Waals surface area contributed by atoms with Crippen molar-refractivity contribution < 1.29 is 5.11 Å². The third kappa shape index (κ3) is 7.77. The summed E-state index contributed by atoms with van der Waals surface area (Å²) in [6, 6.07) is 0. The summed E-state index contributed by atoms with van der Waals surface area (Å²) in [6.07, 6.45) is 1.56. The Kier molecular flexibility index (Phi) is 7.88. The van der Waals surface area contributed by atoms with Crippen LogP contribution in [0, 0.1) is 11.8 Å². The molecule has 1 nitrogen and oxygen atoms in total. The molecule has 0 aliphatic rings. The second kappa shape index (κ2) is 7.97. The van der Waals surface area contributed by atoms with Gasteiger partial charge in [0.15, 0.2) is 0 Å². The van der Waals surface area contributed by atoms with Crippen molar-refractivity contribution in [2.45, 2.75) is 32.8 Å². The van der Waals surface area contributed by atoms with Gasteiger partial charge in [0.1, 0.15) is 0 Å². The van der Waals surface area contributed by atoms with Crippen LogP contribution in [0.2, 0.25) is 0 Å². The maximum absolute atomic E-state index is 9.28. The molecule has 0 amide bonds. The maximum atomic E-state index is 9.28. The van der Waals surface area contributed by atoms with E-state index in [1.165, 1.54) is 6.42 Å². The van der Waals surface area contributed by atoms with E-state index in [4.69, 9.17) is 0 Å². The van der Waals surface area contributed by atoms with E-state index in [0.717, 1.165) is 11.5 Å². The van der Waals surface area contributed by atoms with E-state index in [2.05, 4.69) is 18.8 Å². The van der Waals surface area contributed by atoms with E-state index in [1.54, 1.807) is 18.7 Å². The molecule has 0 aromatic carbocycles. The third-order valence-electron chi connectivity index (χ3n) is 1.17. The zero-order valence-corrected chi connectivity index (χ0v) is 8.08. The SMILES string of the molecule is CC#CCC(O)CSCCC. The lowest BCUT2D eigenvalue weighted by atomic mass is 10.3. The Labute approximate surface area is 73.6 Å². The van der Waals surface area contributed by atoms with E-state index in [0.29, 0.717) is 6.42 Å². The smallest absolute Gasteiger partial charge is 0.0739 e. The van der Waals surface area contributed by atoms with E-state index >= 15 is 0 Å². The van der Waals surface area contributed by atoms with Gasteiger partial charge in [-0.2, -0.15) is 11.8 Å². The number of hydrogen-bond acceptors (Lipinski definition) is 2. The van der Waals surface area contributed by atoms with Crippen molar-refractivity contribution in [3.8, 4) is 11.8 Å². The van der Waals surface area contributed by atoms with Gasteiger partial charge in [-0.25, -0.2) is 0 Å². The molecule has 0 fully saturated rings. The summed E-state index contributed by atoms with van der Waals surface area (Å²) in [4.78, 5) is 0. The van der Waals surface area contributed by atoms with Crippen LogP contribution in [0.25, 0.3) is 0 Å². The number of aliphatic hydroxyl groups excluding tert-OH is 1. The normalized spacial score (nSPS) is 11.9. The van der Waals surface area contributed by atoms with E-state index in [-0.39, 0.29) is 6.10 Å². The molecular formula is C9H16OS. The Morgan fingerprint density at radius 2 is 2.27 bits per heavy atom. The summed E-state index contributed by atoms with van der Waals surface area (Å²) in [6.45, 7) is 3.94. The average Bonchev–Trinajstić information content (AvgIpc) is 2.01. The molecule has 0 rings (SSSR count). The van der Waals surface area contributed by atoms with Crippen LogP contribution in [0.3, 0.4) is 0 Å². The molecule has 0 bridgehead atoms. The van der Waals surface area contributed by atoms with Crippen molar-refractivity contribution in [2.75, 3.05) is 11.5 Å². The van der Waals surface area contributed by atoms with E-state index in [1.807, 2.05) is 0 Å². The molecule has 64 valence electrons. The van der Waals surface area contributed by atoms with Crippen LogP contribution in [0.5, 0.6) is 0 Å². The number of rotatable bonds is 5. The molecule has 0 saturated heterocycles. The lowest BCUT2D eigenvalue weighted by Crippen LogP contribution is -2.08. The van der Waals surface area contributed by atoms with E-state index in [9.17, 15) is 5.11 Å². The lowest BCUT2D eigenvalue weighted by Gasteiger charge is -2.04. The molecule has 0 aliphatic carbocycles. The van der Waals surface area contributed by atoms with Gasteiger partial charge in [0.05, 0.1) is 6.10 Å². The summed E-state index contributed by atoms with van der Waals surface area (Å²) in [5, 5.41) is 9.28. The maximum Gasteiger partial charge on any atom is 0.0739 e. The Balaban J connectivity index is 3.19. The summed E-state index contributed by atoms with van der Waals surface area (Å²) < 4.78 is 0. The van der Waals surface area contributed by atoms with Crippen molar-refractivity contribution in [3.05, 3.63) is 0 Å². The van der Waals surface area contributed by atoms with Gasteiger partial charge in [0, 0.05) is 12.2 Å². The minimum atomic E-state index is -0.237. The number of aliphatic hydroxyl groups is 1. The van der Waals surface area contributed by atoms with Gasteiger partial charge in [-0.05, 0) is 19.1 Å². The van der Waals surface area contributed by atoms with Crippen molar-refractivity contribution in [2.24, 2.45) is 0 Å². The van der Waals surface area contributed by atoms with Crippen LogP contribution in [0.1, 0.15) is 26.7 Å². The summed E-state index contributed by atoms with van der Waals surface area (Å²) in [5.74, 6) is 7.59. The highest BCUT2D eigenvalue weighted by molar-refractivity contribution is 7.99. The molecule has 2 heteroatoms. The highest BCUT2D eigenvalue weighted by Crippen LogP contribution is 2.05. The molecule has 0 radical (unpaired) electrons. The summed E-state index contributed by atoms with van der Waals surface area (Å²) in [5.41, 5.74) is 0. The van der Waals surface area contributed by atoms with Crippen LogP contribution in [0.15, 0.2) is 0 Å². The second-order valence-corrected chi connectivity index (χ2v) is 3.51. The monoisotopic (exact) mass is 172 g/mol. The fourth-order valence-electron chi connectivity index (χ4n) is 0.643. The minimum absolute atomic E-state index is 0.237. The molecular weight excluding hydrogens is 156 g/mol. The fraction of sp³-hybridized carbons (Fsp3) is 0.778. The number of hydrogen-bond donors (Lipinski definition) is 1. The highest BCUT2D eigenvalue weighted by Gasteiger charge is 1.99. The Morgan fingerprint density at radius 3 is 2.82 bits per heavy atom. The largest absolute Gasteiger partial charge is 0.391 e. The topological polar surface area (TPSA) is 20.2 Å². The van der Waals surface area contributed by atoms with E-state index < -0.39 is 0 Å². The van der Waals surface area contributed by atoms with Crippen molar-refractivity contribution in [1.82, 2.24) is 0 Å². The van der Waals surface area contributed by atoms with Gasteiger partial charge in [-0.3, -0.25) is 0 Å². The molecule has 0 saturated carbocycles. The summed E-state index contributed by atoms with van der Waals surface area (Å²) in [7, 11) is 0. The molecule has 11 heavy (non-hydrogen) atoms. The third-order valence-corrected chi connectivity index (χ3v) is 2.49. The van der Waals surface area contributed by atoms with Crippen LogP contribution < -0.4 is 0 Å². The number of thioether (sulfide) groups is 1. The molecule has 1 unspecified atom stereocenters. The lowest BCUT2D eigenvalue weighted by molar-refractivity contribution is 0.205. The quantitative estimate of drug-likeness (QED) is 0.505. The van der Waals surface area contributed by atoms with Gasteiger partial charge < -0.3 is 5.11 Å². The fourth-order valence-corrected chi connectivity index (χ4v) is 1.49. The van der Waals surface area contributed by atoms with Crippen molar-refractivity contribution >= 4 is 11.8 Å². The van der Waals surface area contributed by atoms with Gasteiger partial charge in [0.25, 0.3) is 0 Å². The average molecular weight is 172 g/mol. The van der Waals surface area contributed by atoms with Gasteiger partial charge >= 0.3 is 0 Å². The van der Waals surface area contributed by atoms with Gasteiger partial charge in [0.2, 0.25) is 0 Å². The molecule has 0 aliphatic heterocycles. The van der Waals surface area contributed by atoms with Crippen molar-refractivity contribution in [3.63, 3.8) is 0 Å². The molecule has 0 aromatic heterocycles. The van der Waals surface area contributed by atoms with Gasteiger partial charge in [-0.1, -0.05) is 6.92 Å². The molecule has 1 atom stereocenters. The van der Waals surface area contributed by atoms with Crippen LogP contribution in [0.4, 0.5) is 0 Å². The molecule has 0 aromatic rings. The zero-order valence-electron chi connectivity index (χ0n) is 7.26. The first-order valence-electron chi connectivity index (χ1n) is 3.96. The first kappa shape index (κ1) is 10.9. The predicted octanol–water partition coefficient (Wildman–Crippen LogP) is 1.90. The minimum Gasteiger partial charge on any atom is -0.391 e. The first-order chi connectivity index (χ1) is 5.31. The first-order valence-corrected chi connectivity index (χ1v) is 5.12. The Bertz CT molecular complexity index is 134. The van der Waals surface area contributed by atoms with Crippen LogP contribution in [-0.2, 0) is 0 Å². The Hall–Kier alpha value is -0.130. The molecule has 0 heterocycles. The van der Waals surface area contributed by atoms with Crippen LogP contribution in [-0.4, -0.2) is 22.7 Å². The van der Waals surface area contributed by atoms with Crippen molar-refractivity contribution in [1.29, 1.82) is 0 Å². The molecule has 1 N–H and O–H groups in total. The second-order valence-electron chi connectivity index (χ2n) is 2.36. The predicted molar refractivity (Wildman–Crippen MR) is 51.7 cm³/mol. The Morgan fingerprint density at radius 1 is 1.55 bits per heavy atom. The highest BCUT2D eigenvalue weighted by atomic mass is 32.2. The van der Waals surface area contributed by atoms with Crippen LogP contribution >= 0.6 is 11.8 Å². The molecule has 0 spiro atoms. The van der Waals surface area contributed by atoms with Gasteiger partial charge in [-0.15, -0.1) is 11.8 Å². The summed E-state index contributed by atoms with van der Waals surface area (Å²) >= 11 is 1.79. The standard InChI is InChI=1S/C9H16OS/c1-3-5-6-9(10)8-11-7-4-2/h9-10H,4,6-8H2,1-2H3. The zero-order chi connectivity index (χ0) is 8.53.